The van der Waals surface area contributed by atoms with Gasteiger partial charge in [-0.2, -0.15) is 0 Å². The zero-order chi connectivity index (χ0) is 18.8. The lowest BCUT2D eigenvalue weighted by Crippen LogP contribution is -2.12. The van der Waals surface area contributed by atoms with Crippen LogP contribution in [-0.4, -0.2) is 10.9 Å². The van der Waals surface area contributed by atoms with E-state index in [1.54, 1.807) is 12.1 Å². The summed E-state index contributed by atoms with van der Waals surface area (Å²) in [6.07, 6.45) is 0.957. The van der Waals surface area contributed by atoms with E-state index in [-0.39, 0.29) is 5.91 Å². The summed E-state index contributed by atoms with van der Waals surface area (Å²) < 4.78 is 5.91. The first kappa shape index (κ1) is 17.0. The normalized spacial score (nSPS) is 10.9. The zero-order valence-electron chi connectivity index (χ0n) is 15.3. The number of nitrogens with zero attached hydrogens (tertiary/aromatic N) is 1. The standard InChI is InChI=1S/C23H20N2O2/c1-3-16-10-12-21-20(13-16)25-23(27-21)18-11-9-15(2)19(14-18)24-22(26)17-7-5-4-6-8-17/h4-14H,3H2,1-2H3,(H,24,26). The Bertz CT molecular complexity index is 1110. The fourth-order valence-corrected chi connectivity index (χ4v) is 2.99. The van der Waals surface area contributed by atoms with E-state index in [9.17, 15) is 4.79 Å². The molecule has 134 valence electrons. The van der Waals surface area contributed by atoms with Crippen LogP contribution in [0.25, 0.3) is 22.6 Å². The third-order valence-corrected chi connectivity index (χ3v) is 4.63. The van der Waals surface area contributed by atoms with Crippen molar-refractivity contribution in [2.45, 2.75) is 20.3 Å². The molecule has 4 nitrogen and oxygen atoms in total. The van der Waals surface area contributed by atoms with Gasteiger partial charge in [-0.15, -0.1) is 0 Å². The van der Waals surface area contributed by atoms with Crippen LogP contribution in [0.5, 0.6) is 0 Å². The van der Waals surface area contributed by atoms with E-state index >= 15 is 0 Å². The largest absolute Gasteiger partial charge is 0.436 e. The van der Waals surface area contributed by atoms with Gasteiger partial charge in [0.25, 0.3) is 5.91 Å². The predicted molar refractivity (Wildman–Crippen MR) is 108 cm³/mol. The number of hydrogen-bond donors (Lipinski definition) is 1. The van der Waals surface area contributed by atoms with Crippen LogP contribution in [0.2, 0.25) is 0 Å². The van der Waals surface area contributed by atoms with Gasteiger partial charge < -0.3 is 9.73 Å². The number of anilines is 1. The van der Waals surface area contributed by atoms with Crippen molar-refractivity contribution in [3.05, 3.63) is 83.4 Å². The van der Waals surface area contributed by atoms with Crippen LogP contribution >= 0.6 is 0 Å². The van der Waals surface area contributed by atoms with Gasteiger partial charge in [-0.05, 0) is 60.9 Å². The van der Waals surface area contributed by atoms with E-state index in [2.05, 4.69) is 29.4 Å². The highest BCUT2D eigenvalue weighted by molar-refractivity contribution is 6.04. The lowest BCUT2D eigenvalue weighted by Gasteiger charge is -2.09. The number of benzene rings is 3. The number of carbonyl (C=O) groups is 1. The van der Waals surface area contributed by atoms with Gasteiger partial charge >= 0.3 is 0 Å². The van der Waals surface area contributed by atoms with Crippen molar-refractivity contribution in [1.29, 1.82) is 0 Å². The van der Waals surface area contributed by atoms with Crippen LogP contribution in [-0.2, 0) is 6.42 Å². The van der Waals surface area contributed by atoms with Crippen molar-refractivity contribution in [1.82, 2.24) is 4.98 Å². The van der Waals surface area contributed by atoms with E-state index < -0.39 is 0 Å². The lowest BCUT2D eigenvalue weighted by molar-refractivity contribution is 0.102. The summed E-state index contributed by atoms with van der Waals surface area (Å²) in [7, 11) is 0. The van der Waals surface area contributed by atoms with E-state index in [4.69, 9.17) is 4.42 Å². The topological polar surface area (TPSA) is 55.1 Å². The number of amides is 1. The SMILES string of the molecule is CCc1ccc2oc(-c3ccc(C)c(NC(=O)c4ccccc4)c3)nc2c1. The highest BCUT2D eigenvalue weighted by atomic mass is 16.3. The van der Waals surface area contributed by atoms with Crippen LogP contribution in [0, 0.1) is 6.92 Å². The molecule has 1 amide bonds. The van der Waals surface area contributed by atoms with Crippen molar-refractivity contribution in [2.24, 2.45) is 0 Å². The first-order chi connectivity index (χ1) is 13.1. The molecule has 27 heavy (non-hydrogen) atoms. The number of nitrogens with one attached hydrogen (secondary N) is 1. The van der Waals surface area contributed by atoms with Gasteiger partial charge in [0, 0.05) is 16.8 Å². The second-order valence-electron chi connectivity index (χ2n) is 6.52. The molecule has 4 heteroatoms. The molecule has 1 heterocycles. The molecule has 0 aliphatic carbocycles. The van der Waals surface area contributed by atoms with E-state index in [0.29, 0.717) is 11.5 Å². The van der Waals surface area contributed by atoms with Crippen molar-refractivity contribution in [2.75, 3.05) is 5.32 Å². The number of fused-ring (bicyclic) bond motifs is 1. The molecule has 4 aromatic rings. The summed E-state index contributed by atoms with van der Waals surface area (Å²) in [5.41, 5.74) is 6.01. The average Bonchev–Trinajstić information content (AvgIpc) is 3.13. The maximum atomic E-state index is 12.5. The summed E-state index contributed by atoms with van der Waals surface area (Å²) in [6.45, 7) is 4.08. The van der Waals surface area contributed by atoms with Gasteiger partial charge in [0.2, 0.25) is 5.89 Å². The number of carbonyl (C=O) groups excluding carboxylic acids is 1. The first-order valence-corrected chi connectivity index (χ1v) is 9.01. The number of oxazole rings is 1. The van der Waals surface area contributed by atoms with Crippen molar-refractivity contribution >= 4 is 22.7 Å². The maximum absolute atomic E-state index is 12.5. The van der Waals surface area contributed by atoms with Crippen LogP contribution in [0.1, 0.15) is 28.4 Å². The van der Waals surface area contributed by atoms with Crippen LogP contribution in [0.15, 0.2) is 71.1 Å². The Hall–Kier alpha value is -3.40. The average molecular weight is 356 g/mol. The summed E-state index contributed by atoms with van der Waals surface area (Å²) in [5.74, 6) is 0.412. The molecule has 0 unspecified atom stereocenters. The van der Waals surface area contributed by atoms with Gasteiger partial charge in [-0.25, -0.2) is 4.98 Å². The molecule has 0 aliphatic heterocycles. The minimum Gasteiger partial charge on any atom is -0.436 e. The Balaban J connectivity index is 1.67. The number of rotatable bonds is 4. The summed E-state index contributed by atoms with van der Waals surface area (Å²) in [6, 6.07) is 21.1. The second-order valence-corrected chi connectivity index (χ2v) is 6.52. The molecule has 1 N–H and O–H groups in total. The zero-order valence-corrected chi connectivity index (χ0v) is 15.3. The van der Waals surface area contributed by atoms with E-state index in [1.807, 2.05) is 49.4 Å². The van der Waals surface area contributed by atoms with Gasteiger partial charge in [-0.3, -0.25) is 4.79 Å². The third-order valence-electron chi connectivity index (χ3n) is 4.63. The molecule has 0 aliphatic rings. The van der Waals surface area contributed by atoms with Crippen LogP contribution in [0.4, 0.5) is 5.69 Å². The quantitative estimate of drug-likeness (QED) is 0.516. The lowest BCUT2D eigenvalue weighted by atomic mass is 10.1. The molecular formula is C23H20N2O2. The summed E-state index contributed by atoms with van der Waals surface area (Å²) >= 11 is 0. The highest BCUT2D eigenvalue weighted by Gasteiger charge is 2.12. The minimum atomic E-state index is -0.138. The number of aryl methyl sites for hydroxylation is 2. The molecule has 0 spiro atoms. The van der Waals surface area contributed by atoms with Crippen LogP contribution in [0.3, 0.4) is 0 Å². The number of aromatic nitrogens is 1. The summed E-state index contributed by atoms with van der Waals surface area (Å²) in [4.78, 5) is 17.1. The second kappa shape index (κ2) is 7.08. The molecule has 4 rings (SSSR count). The molecular weight excluding hydrogens is 336 g/mol. The highest BCUT2D eigenvalue weighted by Crippen LogP contribution is 2.28. The summed E-state index contributed by atoms with van der Waals surface area (Å²) in [5, 5.41) is 2.98. The van der Waals surface area contributed by atoms with E-state index in [1.165, 1.54) is 5.56 Å². The monoisotopic (exact) mass is 356 g/mol. The van der Waals surface area contributed by atoms with Gasteiger partial charge in [0.15, 0.2) is 5.58 Å². The van der Waals surface area contributed by atoms with Crippen LogP contribution < -0.4 is 5.32 Å². The van der Waals surface area contributed by atoms with E-state index in [0.717, 1.165) is 34.3 Å². The molecule has 0 fully saturated rings. The Labute approximate surface area is 157 Å². The smallest absolute Gasteiger partial charge is 0.255 e. The molecule has 0 radical (unpaired) electrons. The predicted octanol–water partition coefficient (Wildman–Crippen LogP) is 5.62. The molecule has 0 saturated carbocycles. The molecule has 0 atom stereocenters. The fourth-order valence-electron chi connectivity index (χ4n) is 2.99. The molecule has 1 aromatic heterocycles. The molecule has 0 saturated heterocycles. The first-order valence-electron chi connectivity index (χ1n) is 9.01. The Kier molecular flexibility index (Phi) is 4.47. The van der Waals surface area contributed by atoms with Gasteiger partial charge in [0.05, 0.1) is 0 Å². The number of hydrogen-bond acceptors (Lipinski definition) is 3. The fraction of sp³-hybridized carbons (Fsp3) is 0.130. The third kappa shape index (κ3) is 3.47. The minimum absolute atomic E-state index is 0.138. The molecule has 3 aromatic carbocycles. The maximum Gasteiger partial charge on any atom is 0.255 e. The Morgan fingerprint density at radius 3 is 2.63 bits per heavy atom. The van der Waals surface area contributed by atoms with Crippen molar-refractivity contribution in [3.8, 4) is 11.5 Å². The van der Waals surface area contributed by atoms with Gasteiger partial charge in [0.1, 0.15) is 5.52 Å². The van der Waals surface area contributed by atoms with Crippen molar-refractivity contribution < 1.29 is 9.21 Å². The molecule has 0 bridgehead atoms. The Morgan fingerprint density at radius 2 is 1.85 bits per heavy atom. The van der Waals surface area contributed by atoms with Crippen molar-refractivity contribution in [3.63, 3.8) is 0 Å². The Morgan fingerprint density at radius 1 is 1.04 bits per heavy atom. The van der Waals surface area contributed by atoms with Gasteiger partial charge in [-0.1, -0.05) is 37.3 Å².